The largest absolute Gasteiger partial charge is 0.328 e. The van der Waals surface area contributed by atoms with Gasteiger partial charge in [0, 0.05) is 63.6 Å². The number of nitrogens with one attached hydrogen (secondary N) is 2. The van der Waals surface area contributed by atoms with Gasteiger partial charge in [-0.15, -0.1) is 0 Å². The van der Waals surface area contributed by atoms with Crippen LogP contribution in [0.25, 0.3) is 0 Å². The average molecular weight is 371 g/mol. The van der Waals surface area contributed by atoms with Crippen molar-refractivity contribution in [2.75, 3.05) is 38.5 Å². The number of benzene rings is 1. The number of aromatic nitrogens is 2. The van der Waals surface area contributed by atoms with Crippen molar-refractivity contribution in [2.45, 2.75) is 19.5 Å². The lowest BCUT2D eigenvalue weighted by molar-refractivity contribution is -0.116. The van der Waals surface area contributed by atoms with Gasteiger partial charge in [0.2, 0.25) is 5.91 Å². The molecule has 0 spiro atoms. The number of aryl methyl sites for hydroxylation is 1. The Labute approximate surface area is 157 Å². The van der Waals surface area contributed by atoms with E-state index < -0.39 is 11.2 Å². The van der Waals surface area contributed by atoms with Crippen LogP contribution in [0, 0.1) is 0 Å². The van der Waals surface area contributed by atoms with E-state index in [1.54, 1.807) is 0 Å². The minimum absolute atomic E-state index is 0.148. The maximum Gasteiger partial charge on any atom is 0.328 e. The van der Waals surface area contributed by atoms with Gasteiger partial charge in [-0.1, -0.05) is 12.1 Å². The molecule has 2 N–H and O–H groups in total. The standard InChI is InChI=1S/C19H25N5O3/c1-22-10-12-23(13-11-22)14-15-2-4-16(5-3-15)20-17(25)6-8-24-9-7-18(26)21-19(24)27/h2-5,7,9H,6,8,10-14H2,1H3,(H,20,25)(H,21,26,27). The van der Waals surface area contributed by atoms with Crippen molar-refractivity contribution in [2.24, 2.45) is 0 Å². The molecule has 1 aliphatic rings. The Morgan fingerprint density at radius 2 is 1.78 bits per heavy atom. The number of hydrogen-bond acceptors (Lipinski definition) is 5. The van der Waals surface area contributed by atoms with E-state index >= 15 is 0 Å². The molecule has 3 rings (SSSR count). The maximum absolute atomic E-state index is 12.1. The zero-order valence-electron chi connectivity index (χ0n) is 15.5. The molecule has 0 bridgehead atoms. The molecular weight excluding hydrogens is 346 g/mol. The number of H-pyrrole nitrogens is 1. The van der Waals surface area contributed by atoms with Crippen LogP contribution >= 0.6 is 0 Å². The quantitative estimate of drug-likeness (QED) is 0.763. The van der Waals surface area contributed by atoms with Crippen LogP contribution in [0.4, 0.5) is 5.69 Å². The fourth-order valence-corrected chi connectivity index (χ4v) is 3.02. The van der Waals surface area contributed by atoms with Crippen LogP contribution in [0.3, 0.4) is 0 Å². The lowest BCUT2D eigenvalue weighted by Crippen LogP contribution is -2.43. The van der Waals surface area contributed by atoms with E-state index in [0.717, 1.165) is 38.4 Å². The summed E-state index contributed by atoms with van der Waals surface area (Å²) in [5.74, 6) is -0.181. The van der Waals surface area contributed by atoms with Crippen LogP contribution in [0.2, 0.25) is 0 Å². The van der Waals surface area contributed by atoms with Gasteiger partial charge in [-0.2, -0.15) is 0 Å². The zero-order valence-corrected chi connectivity index (χ0v) is 15.5. The third-order valence-corrected chi connectivity index (χ3v) is 4.72. The normalized spacial score (nSPS) is 15.6. The van der Waals surface area contributed by atoms with Crippen LogP contribution in [-0.2, 0) is 17.9 Å². The number of carbonyl (C=O) groups excluding carboxylic acids is 1. The van der Waals surface area contributed by atoms with Gasteiger partial charge in [0.05, 0.1) is 0 Å². The number of likely N-dealkylation sites (N-methyl/N-ethyl adjacent to an activating group) is 1. The highest BCUT2D eigenvalue weighted by Gasteiger charge is 2.13. The first-order valence-electron chi connectivity index (χ1n) is 9.09. The first kappa shape index (κ1) is 19.1. The highest BCUT2D eigenvalue weighted by molar-refractivity contribution is 5.90. The molecule has 1 fully saturated rings. The smallest absolute Gasteiger partial charge is 0.326 e. The maximum atomic E-state index is 12.1. The SMILES string of the molecule is CN1CCN(Cc2ccc(NC(=O)CCn3ccc(=O)[nH]c3=O)cc2)CC1. The highest BCUT2D eigenvalue weighted by Crippen LogP contribution is 2.13. The molecule has 1 saturated heterocycles. The predicted molar refractivity (Wildman–Crippen MR) is 104 cm³/mol. The average Bonchev–Trinajstić information content (AvgIpc) is 2.64. The Hall–Kier alpha value is -2.71. The van der Waals surface area contributed by atoms with Crippen molar-refractivity contribution < 1.29 is 4.79 Å². The van der Waals surface area contributed by atoms with Gasteiger partial charge in [-0.25, -0.2) is 4.79 Å². The van der Waals surface area contributed by atoms with E-state index in [2.05, 4.69) is 27.1 Å². The molecule has 0 unspecified atom stereocenters. The Morgan fingerprint density at radius 3 is 2.44 bits per heavy atom. The lowest BCUT2D eigenvalue weighted by atomic mass is 10.1. The molecule has 0 saturated carbocycles. The zero-order chi connectivity index (χ0) is 19.2. The van der Waals surface area contributed by atoms with Crippen molar-refractivity contribution in [3.05, 3.63) is 62.9 Å². The first-order valence-corrected chi connectivity index (χ1v) is 9.09. The van der Waals surface area contributed by atoms with E-state index in [4.69, 9.17) is 0 Å². The summed E-state index contributed by atoms with van der Waals surface area (Å²) in [6.45, 7) is 5.44. The van der Waals surface area contributed by atoms with E-state index in [-0.39, 0.29) is 18.9 Å². The minimum atomic E-state index is -0.511. The fraction of sp³-hybridized carbons (Fsp3) is 0.421. The van der Waals surface area contributed by atoms with Crippen molar-refractivity contribution in [1.29, 1.82) is 0 Å². The molecule has 1 aromatic heterocycles. The summed E-state index contributed by atoms with van der Waals surface area (Å²) in [4.78, 5) is 41.6. The van der Waals surface area contributed by atoms with Gasteiger partial charge in [0.1, 0.15) is 0 Å². The second-order valence-electron chi connectivity index (χ2n) is 6.88. The van der Waals surface area contributed by atoms with Crippen LogP contribution in [0.1, 0.15) is 12.0 Å². The Bertz CT molecular complexity index is 879. The second kappa shape index (κ2) is 8.79. The van der Waals surface area contributed by atoms with Crippen LogP contribution in [0.5, 0.6) is 0 Å². The molecule has 144 valence electrons. The molecule has 1 aliphatic heterocycles. The summed E-state index contributed by atoms with van der Waals surface area (Å²) < 4.78 is 1.31. The molecule has 8 heteroatoms. The van der Waals surface area contributed by atoms with E-state index in [1.807, 2.05) is 24.3 Å². The van der Waals surface area contributed by atoms with Gasteiger partial charge in [0.15, 0.2) is 0 Å². The Morgan fingerprint density at radius 1 is 1.07 bits per heavy atom. The predicted octanol–water partition coefficient (Wildman–Crippen LogP) is 0.313. The third-order valence-electron chi connectivity index (χ3n) is 4.72. The van der Waals surface area contributed by atoms with Gasteiger partial charge < -0.3 is 14.8 Å². The Kier molecular flexibility index (Phi) is 6.20. The molecule has 1 aromatic carbocycles. The van der Waals surface area contributed by atoms with Gasteiger partial charge in [-0.05, 0) is 24.7 Å². The van der Waals surface area contributed by atoms with Crippen molar-refractivity contribution in [3.63, 3.8) is 0 Å². The summed E-state index contributed by atoms with van der Waals surface area (Å²) in [6.07, 6.45) is 1.54. The molecule has 8 nitrogen and oxygen atoms in total. The topological polar surface area (TPSA) is 90.4 Å². The molecule has 0 aliphatic carbocycles. The second-order valence-corrected chi connectivity index (χ2v) is 6.88. The molecule has 1 amide bonds. The molecule has 27 heavy (non-hydrogen) atoms. The van der Waals surface area contributed by atoms with Crippen molar-refractivity contribution >= 4 is 11.6 Å². The molecule has 0 atom stereocenters. The van der Waals surface area contributed by atoms with Crippen molar-refractivity contribution in [1.82, 2.24) is 19.4 Å². The van der Waals surface area contributed by atoms with Crippen LogP contribution in [0.15, 0.2) is 46.1 Å². The van der Waals surface area contributed by atoms with Gasteiger partial charge in [-0.3, -0.25) is 19.5 Å². The third kappa shape index (κ3) is 5.63. The number of hydrogen-bond donors (Lipinski definition) is 2. The summed E-state index contributed by atoms with van der Waals surface area (Å²) in [6, 6.07) is 9.12. The van der Waals surface area contributed by atoms with E-state index in [1.165, 1.54) is 22.4 Å². The number of amides is 1. The molecule has 2 heterocycles. The van der Waals surface area contributed by atoms with Crippen LogP contribution < -0.4 is 16.6 Å². The summed E-state index contributed by atoms with van der Waals surface area (Å²) in [7, 11) is 2.14. The van der Waals surface area contributed by atoms with Gasteiger partial charge >= 0.3 is 5.69 Å². The van der Waals surface area contributed by atoms with Crippen molar-refractivity contribution in [3.8, 4) is 0 Å². The Balaban J connectivity index is 1.48. The minimum Gasteiger partial charge on any atom is -0.326 e. The number of anilines is 1. The van der Waals surface area contributed by atoms with Gasteiger partial charge in [0.25, 0.3) is 5.56 Å². The highest BCUT2D eigenvalue weighted by atomic mass is 16.2. The summed E-state index contributed by atoms with van der Waals surface area (Å²) in [5.41, 5.74) is 0.995. The lowest BCUT2D eigenvalue weighted by Gasteiger charge is -2.32. The van der Waals surface area contributed by atoms with E-state index in [9.17, 15) is 14.4 Å². The number of piperazine rings is 1. The fourth-order valence-electron chi connectivity index (χ4n) is 3.02. The number of nitrogens with zero attached hydrogens (tertiary/aromatic N) is 3. The number of aromatic amines is 1. The number of rotatable bonds is 6. The first-order chi connectivity index (χ1) is 13.0. The monoisotopic (exact) mass is 371 g/mol. The summed E-state index contributed by atoms with van der Waals surface area (Å²) in [5, 5.41) is 2.83. The number of carbonyl (C=O) groups is 1. The molecular formula is C19H25N5O3. The molecule has 2 aromatic rings. The summed E-state index contributed by atoms with van der Waals surface area (Å²) >= 11 is 0. The van der Waals surface area contributed by atoms with E-state index in [0.29, 0.717) is 0 Å². The molecule has 0 radical (unpaired) electrons. The van der Waals surface area contributed by atoms with Crippen LogP contribution in [-0.4, -0.2) is 58.5 Å².